The Balaban J connectivity index is 1.70. The van der Waals surface area contributed by atoms with E-state index >= 15 is 0 Å². The lowest BCUT2D eigenvalue weighted by atomic mass is 9.70. The van der Waals surface area contributed by atoms with E-state index in [1.54, 1.807) is 7.05 Å². The number of rotatable bonds is 6. The van der Waals surface area contributed by atoms with Gasteiger partial charge in [0.1, 0.15) is 11.6 Å². The van der Waals surface area contributed by atoms with Gasteiger partial charge in [-0.1, -0.05) is 12.1 Å². The Morgan fingerprint density at radius 1 is 1.30 bits per heavy atom. The Morgan fingerprint density at radius 2 is 2.07 bits per heavy atom. The Morgan fingerprint density at radius 3 is 2.77 bits per heavy atom. The van der Waals surface area contributed by atoms with E-state index in [1.807, 2.05) is 32.0 Å². The van der Waals surface area contributed by atoms with Crippen LogP contribution in [0.4, 0.5) is 5.69 Å². The summed E-state index contributed by atoms with van der Waals surface area (Å²) in [5.41, 5.74) is 1.64. The first-order chi connectivity index (χ1) is 14.3. The molecule has 0 aromatic heterocycles. The molecule has 30 heavy (non-hydrogen) atoms. The van der Waals surface area contributed by atoms with Gasteiger partial charge < -0.3 is 25.4 Å². The average molecular weight is 415 g/mol. The maximum atomic E-state index is 13.5. The van der Waals surface area contributed by atoms with Gasteiger partial charge in [-0.2, -0.15) is 0 Å². The van der Waals surface area contributed by atoms with Gasteiger partial charge in [-0.25, -0.2) is 0 Å². The zero-order valence-corrected chi connectivity index (χ0v) is 17.6. The van der Waals surface area contributed by atoms with Crippen LogP contribution in [0.3, 0.4) is 0 Å². The van der Waals surface area contributed by atoms with Gasteiger partial charge in [-0.05, 0) is 50.3 Å². The normalized spacial score (nSPS) is 31.7. The van der Waals surface area contributed by atoms with Crippen LogP contribution in [0.5, 0.6) is 0 Å². The van der Waals surface area contributed by atoms with Gasteiger partial charge in [-0.3, -0.25) is 14.4 Å². The molecule has 162 valence electrons. The Bertz CT molecular complexity index is 888. The van der Waals surface area contributed by atoms with Crippen LogP contribution in [-0.4, -0.2) is 65.7 Å². The average Bonchev–Trinajstić information content (AvgIpc) is 3.36. The fourth-order valence-electron chi connectivity index (χ4n) is 5.47. The van der Waals surface area contributed by atoms with Crippen LogP contribution >= 0.6 is 0 Å². The number of nitrogens with one attached hydrogen (secondary N) is 2. The summed E-state index contributed by atoms with van der Waals surface area (Å²) in [6.07, 6.45) is 1.20. The van der Waals surface area contributed by atoms with Gasteiger partial charge in [0.15, 0.2) is 0 Å². The number of hydrogen-bond acceptors (Lipinski definition) is 5. The predicted molar refractivity (Wildman–Crippen MR) is 110 cm³/mol. The predicted octanol–water partition coefficient (Wildman–Crippen LogP) is 0.745. The van der Waals surface area contributed by atoms with E-state index in [-0.39, 0.29) is 37.0 Å². The van der Waals surface area contributed by atoms with Crippen molar-refractivity contribution < 1.29 is 24.2 Å². The van der Waals surface area contributed by atoms with E-state index in [0.717, 1.165) is 11.1 Å². The second-order valence-electron chi connectivity index (χ2n) is 8.59. The number of ether oxygens (including phenoxy) is 1. The van der Waals surface area contributed by atoms with Gasteiger partial charge in [0.25, 0.3) is 0 Å². The zero-order valence-electron chi connectivity index (χ0n) is 17.6. The monoisotopic (exact) mass is 415 g/mol. The number of carbonyl (C=O) groups is 3. The summed E-state index contributed by atoms with van der Waals surface area (Å²) in [5.74, 6) is -2.04. The summed E-state index contributed by atoms with van der Waals surface area (Å²) >= 11 is 0. The van der Waals surface area contributed by atoms with Gasteiger partial charge in [-0.15, -0.1) is 0 Å². The minimum absolute atomic E-state index is 0.0882. The molecule has 8 nitrogen and oxygen atoms in total. The molecule has 8 heteroatoms. The highest BCUT2D eigenvalue weighted by atomic mass is 16.5. The van der Waals surface area contributed by atoms with Crippen molar-refractivity contribution in [1.82, 2.24) is 10.2 Å². The van der Waals surface area contributed by atoms with Crippen molar-refractivity contribution in [1.29, 1.82) is 0 Å². The zero-order chi connectivity index (χ0) is 21.6. The summed E-state index contributed by atoms with van der Waals surface area (Å²) in [5, 5.41) is 15.0. The smallest absolute Gasteiger partial charge is 0.250 e. The molecule has 1 spiro atoms. The first-order valence-electron chi connectivity index (χ1n) is 10.5. The summed E-state index contributed by atoms with van der Waals surface area (Å²) < 4.78 is 6.28. The lowest BCUT2D eigenvalue weighted by molar-refractivity contribution is -0.140. The fourth-order valence-corrected chi connectivity index (χ4v) is 5.47. The summed E-state index contributed by atoms with van der Waals surface area (Å²) in [4.78, 5) is 41.0. The molecule has 1 aromatic rings. The molecule has 1 aromatic carbocycles. The van der Waals surface area contributed by atoms with Crippen molar-refractivity contribution in [3.63, 3.8) is 0 Å². The number of anilines is 1. The van der Waals surface area contributed by atoms with Crippen LogP contribution in [0.25, 0.3) is 0 Å². The van der Waals surface area contributed by atoms with E-state index < -0.39 is 23.5 Å². The third-order valence-corrected chi connectivity index (χ3v) is 6.81. The van der Waals surface area contributed by atoms with E-state index in [1.165, 1.54) is 4.90 Å². The van der Waals surface area contributed by atoms with Crippen molar-refractivity contribution in [2.45, 2.75) is 50.9 Å². The second kappa shape index (κ2) is 7.67. The molecular weight excluding hydrogens is 386 g/mol. The minimum atomic E-state index is -1.00. The third-order valence-electron chi connectivity index (χ3n) is 6.81. The van der Waals surface area contributed by atoms with Gasteiger partial charge in [0, 0.05) is 25.9 Å². The molecule has 0 saturated carbocycles. The minimum Gasteiger partial charge on any atom is -0.396 e. The molecule has 0 radical (unpaired) electrons. The third kappa shape index (κ3) is 3.01. The second-order valence-corrected chi connectivity index (χ2v) is 8.59. The summed E-state index contributed by atoms with van der Waals surface area (Å²) in [6.45, 7) is 4.02. The Kier molecular flexibility index (Phi) is 5.32. The molecular formula is C22H29N3O5. The number of benzene rings is 1. The number of aliphatic hydroxyl groups excluding tert-OH is 1. The van der Waals surface area contributed by atoms with Crippen molar-refractivity contribution in [2.24, 2.45) is 11.8 Å². The first kappa shape index (κ1) is 20.8. The maximum Gasteiger partial charge on any atom is 0.250 e. The topological polar surface area (TPSA) is 108 Å². The van der Waals surface area contributed by atoms with Crippen LogP contribution in [0.15, 0.2) is 18.2 Å². The van der Waals surface area contributed by atoms with Crippen LogP contribution in [-0.2, 0) is 19.1 Å². The van der Waals surface area contributed by atoms with Crippen molar-refractivity contribution in [2.75, 3.05) is 25.5 Å². The highest BCUT2D eigenvalue weighted by Gasteiger charge is 2.74. The van der Waals surface area contributed by atoms with Crippen LogP contribution < -0.4 is 10.6 Å². The highest BCUT2D eigenvalue weighted by molar-refractivity contribution is 6.03. The number of hydrogen-bond donors (Lipinski definition) is 3. The number of carbonyl (C=O) groups excluding carboxylic acids is 3. The SMILES string of the molecule is CNC(=O)[C@@H]1[C@H]2C(=O)N(CCCO)C(C(=O)Nc3cc(C)ccc3C)C23CC[C@H]1O3. The largest absolute Gasteiger partial charge is 0.396 e. The van der Waals surface area contributed by atoms with E-state index in [2.05, 4.69) is 10.6 Å². The molecule has 2 unspecified atom stereocenters. The number of nitrogens with zero attached hydrogens (tertiary/aromatic N) is 1. The van der Waals surface area contributed by atoms with Crippen molar-refractivity contribution in [3.05, 3.63) is 29.3 Å². The molecule has 3 aliphatic heterocycles. The van der Waals surface area contributed by atoms with Gasteiger partial charge >= 0.3 is 0 Å². The molecule has 0 aliphatic carbocycles. The Hall–Kier alpha value is -2.45. The standard InChI is InChI=1S/C22H29N3O5/c1-12-5-6-13(2)14(11-12)24-20(28)18-22-8-7-15(30-22)16(19(27)23-3)17(22)21(29)25(18)9-4-10-26/h5-6,11,15-18,26H,4,7-10H2,1-3H3,(H,23,27)(H,24,28)/t15-,16+,17+,18?,22?/m1/s1. The van der Waals surface area contributed by atoms with E-state index in [9.17, 15) is 19.5 Å². The molecule has 4 rings (SSSR count). The van der Waals surface area contributed by atoms with Gasteiger partial charge in [0.05, 0.1) is 17.9 Å². The molecule has 3 amide bonds. The van der Waals surface area contributed by atoms with Crippen LogP contribution in [0.2, 0.25) is 0 Å². The number of aliphatic hydroxyl groups is 1. The lowest BCUT2D eigenvalue weighted by Gasteiger charge is -2.33. The van der Waals surface area contributed by atoms with Crippen molar-refractivity contribution in [3.8, 4) is 0 Å². The maximum absolute atomic E-state index is 13.5. The van der Waals surface area contributed by atoms with Crippen LogP contribution in [0, 0.1) is 25.7 Å². The lowest BCUT2D eigenvalue weighted by Crippen LogP contribution is -2.53. The molecule has 3 saturated heterocycles. The number of amides is 3. The number of aryl methyl sites for hydroxylation is 2. The van der Waals surface area contributed by atoms with Crippen molar-refractivity contribution >= 4 is 23.4 Å². The highest BCUT2D eigenvalue weighted by Crippen LogP contribution is 2.58. The summed E-state index contributed by atoms with van der Waals surface area (Å²) in [7, 11) is 1.55. The first-order valence-corrected chi connectivity index (χ1v) is 10.5. The van der Waals surface area contributed by atoms with E-state index in [4.69, 9.17) is 4.74 Å². The summed E-state index contributed by atoms with van der Waals surface area (Å²) in [6, 6.07) is 4.98. The van der Waals surface area contributed by atoms with E-state index in [0.29, 0.717) is 24.9 Å². The quantitative estimate of drug-likeness (QED) is 0.635. The van der Waals surface area contributed by atoms with Crippen LogP contribution in [0.1, 0.15) is 30.4 Å². The molecule has 3 heterocycles. The molecule has 3 N–H and O–H groups in total. The molecule has 3 fully saturated rings. The van der Waals surface area contributed by atoms with Gasteiger partial charge in [0.2, 0.25) is 17.7 Å². The molecule has 2 bridgehead atoms. The number of likely N-dealkylation sites (tertiary alicyclic amines) is 1. The molecule has 5 atom stereocenters. The fraction of sp³-hybridized carbons (Fsp3) is 0.591. The molecule has 3 aliphatic rings. The number of fused-ring (bicyclic) bond motifs is 1. The Labute approximate surface area is 176 Å².